The monoisotopic (exact) mass is 682 g/mol. The van der Waals surface area contributed by atoms with E-state index in [1.807, 2.05) is 79.2 Å². The van der Waals surface area contributed by atoms with Crippen LogP contribution in [-0.4, -0.2) is 39.4 Å². The Morgan fingerprint density at radius 2 is 1.83 bits per heavy atom. The summed E-state index contributed by atoms with van der Waals surface area (Å²) in [4.78, 5) is 22.5. The van der Waals surface area contributed by atoms with Crippen LogP contribution in [-0.2, 0) is 24.4 Å². The number of para-hydroxylation sites is 1. The first-order valence-corrected chi connectivity index (χ1v) is 17.1. The Kier molecular flexibility index (Phi) is 10.3. The highest BCUT2D eigenvalue weighted by molar-refractivity contribution is 7.17. The zero-order valence-electron chi connectivity index (χ0n) is 27.0. The van der Waals surface area contributed by atoms with Crippen molar-refractivity contribution in [1.82, 2.24) is 19.7 Å². The summed E-state index contributed by atoms with van der Waals surface area (Å²) in [5.74, 6) is 2.29. The van der Waals surface area contributed by atoms with Gasteiger partial charge in [-0.3, -0.25) is 0 Å². The molecule has 0 fully saturated rings. The number of methoxy groups -OCH3 is 1. The first kappa shape index (κ1) is 32.7. The van der Waals surface area contributed by atoms with Crippen LogP contribution in [0.25, 0.3) is 28.6 Å². The Hall–Kier alpha value is -5.20. The minimum absolute atomic E-state index is 0.170. The van der Waals surface area contributed by atoms with E-state index in [0.717, 1.165) is 38.8 Å². The fourth-order valence-corrected chi connectivity index (χ4v) is 6.24. The lowest BCUT2D eigenvalue weighted by Crippen LogP contribution is -2.02. The summed E-state index contributed by atoms with van der Waals surface area (Å²) in [7, 11) is 1.59. The van der Waals surface area contributed by atoms with Gasteiger partial charge in [0.15, 0.2) is 11.5 Å². The van der Waals surface area contributed by atoms with E-state index >= 15 is 0 Å². The van der Waals surface area contributed by atoms with Crippen molar-refractivity contribution in [2.45, 2.75) is 40.4 Å². The van der Waals surface area contributed by atoms with E-state index in [0.29, 0.717) is 46.2 Å². The summed E-state index contributed by atoms with van der Waals surface area (Å²) in [5, 5.41) is 7.87. The molecule has 0 saturated carbocycles. The SMILES string of the molecule is CCOC(=O)c1ccc(-c2nc(COc3ccc(COc4nn(-c5ccccc5)cc4/C=C\c4csc(CC)n4)cc3OC)c(C)o2)s1. The molecule has 6 aromatic rings. The molecule has 0 atom stereocenters. The van der Waals surface area contributed by atoms with Crippen LogP contribution in [0.15, 0.2) is 76.7 Å². The molecule has 2 aromatic carbocycles. The number of oxazole rings is 1. The van der Waals surface area contributed by atoms with Crippen molar-refractivity contribution in [3.8, 4) is 33.8 Å². The van der Waals surface area contributed by atoms with Gasteiger partial charge < -0.3 is 23.4 Å². The predicted molar refractivity (Wildman–Crippen MR) is 186 cm³/mol. The van der Waals surface area contributed by atoms with Crippen LogP contribution in [0.1, 0.15) is 56.8 Å². The van der Waals surface area contributed by atoms with Crippen LogP contribution in [0, 0.1) is 6.92 Å². The predicted octanol–water partition coefficient (Wildman–Crippen LogP) is 8.43. The molecule has 0 saturated heterocycles. The van der Waals surface area contributed by atoms with Gasteiger partial charge in [0, 0.05) is 11.6 Å². The van der Waals surface area contributed by atoms with Gasteiger partial charge in [0.1, 0.15) is 29.5 Å². The molecular weight excluding hydrogens is 649 g/mol. The van der Waals surface area contributed by atoms with Gasteiger partial charge in [0.25, 0.3) is 0 Å². The molecule has 0 radical (unpaired) electrons. The van der Waals surface area contributed by atoms with Gasteiger partial charge in [0.05, 0.1) is 40.5 Å². The van der Waals surface area contributed by atoms with Gasteiger partial charge >= 0.3 is 5.97 Å². The Balaban J connectivity index is 1.14. The van der Waals surface area contributed by atoms with E-state index in [9.17, 15) is 4.79 Å². The molecule has 12 heteroatoms. The molecule has 4 aromatic heterocycles. The van der Waals surface area contributed by atoms with E-state index in [1.165, 1.54) is 11.3 Å². The highest BCUT2D eigenvalue weighted by atomic mass is 32.1. The van der Waals surface area contributed by atoms with E-state index in [2.05, 4.69) is 16.9 Å². The quantitative estimate of drug-likeness (QED) is 0.105. The zero-order chi connectivity index (χ0) is 33.5. The minimum Gasteiger partial charge on any atom is -0.493 e. The van der Waals surface area contributed by atoms with Crippen molar-refractivity contribution in [2.75, 3.05) is 13.7 Å². The number of carbonyl (C=O) groups is 1. The Labute approximate surface area is 286 Å². The van der Waals surface area contributed by atoms with Crippen LogP contribution in [0.2, 0.25) is 0 Å². The lowest BCUT2D eigenvalue weighted by molar-refractivity contribution is 0.0532. The maximum atomic E-state index is 12.1. The number of ether oxygens (including phenoxy) is 4. The van der Waals surface area contributed by atoms with Crippen molar-refractivity contribution < 1.29 is 28.2 Å². The number of aryl methyl sites for hydroxylation is 2. The number of esters is 1. The number of carbonyl (C=O) groups excluding carboxylic acids is 1. The van der Waals surface area contributed by atoms with Crippen molar-refractivity contribution in [3.63, 3.8) is 0 Å². The molecule has 0 amide bonds. The van der Waals surface area contributed by atoms with Gasteiger partial charge in [-0.2, -0.15) is 0 Å². The summed E-state index contributed by atoms with van der Waals surface area (Å²) in [5.41, 5.74) is 4.19. The van der Waals surface area contributed by atoms with Gasteiger partial charge in [0.2, 0.25) is 11.8 Å². The third kappa shape index (κ3) is 7.67. The van der Waals surface area contributed by atoms with Crippen LogP contribution in [0.4, 0.5) is 0 Å². The maximum absolute atomic E-state index is 12.1. The van der Waals surface area contributed by atoms with Crippen molar-refractivity contribution in [3.05, 3.63) is 110 Å². The molecule has 0 aliphatic carbocycles. The summed E-state index contributed by atoms with van der Waals surface area (Å²) in [6.45, 7) is 6.45. The lowest BCUT2D eigenvalue weighted by Gasteiger charge is -2.12. The topological polar surface area (TPSA) is 111 Å². The normalized spacial score (nSPS) is 11.2. The van der Waals surface area contributed by atoms with Gasteiger partial charge in [-0.15, -0.1) is 27.8 Å². The number of rotatable bonds is 14. The molecule has 0 bridgehead atoms. The molecule has 0 aliphatic rings. The summed E-state index contributed by atoms with van der Waals surface area (Å²) in [6.07, 6.45) is 6.80. The second kappa shape index (κ2) is 15.1. The minimum atomic E-state index is -0.363. The second-order valence-electron chi connectivity index (χ2n) is 10.5. The molecule has 0 unspecified atom stereocenters. The van der Waals surface area contributed by atoms with E-state index in [4.69, 9.17) is 28.5 Å². The third-order valence-corrected chi connectivity index (χ3v) is 9.25. The molecular formula is C36H34N4O6S2. The second-order valence-corrected chi connectivity index (χ2v) is 12.5. The molecule has 4 heterocycles. The third-order valence-electron chi connectivity index (χ3n) is 7.19. The van der Waals surface area contributed by atoms with Gasteiger partial charge in [-0.25, -0.2) is 19.4 Å². The van der Waals surface area contributed by atoms with Gasteiger partial charge in [-0.05, 0) is 74.4 Å². The highest BCUT2D eigenvalue weighted by Gasteiger charge is 2.18. The standard InChI is InChI=1S/C36H34N4O6S2/c1-5-33-37-26(22-47-33)14-13-25-19-40(27-10-8-7-9-11-27)39-34(25)45-20-24-12-15-29(30(18-24)42-4)44-21-28-23(3)46-35(38-28)31-16-17-32(48-31)36(41)43-6-2/h7-19,22H,5-6,20-21H2,1-4H3/b14-13-. The first-order chi connectivity index (χ1) is 23.4. The molecule has 10 nitrogen and oxygen atoms in total. The number of hydrogen-bond acceptors (Lipinski definition) is 11. The first-order valence-electron chi connectivity index (χ1n) is 15.4. The lowest BCUT2D eigenvalue weighted by atomic mass is 10.2. The van der Waals surface area contributed by atoms with Crippen molar-refractivity contribution in [2.24, 2.45) is 0 Å². The maximum Gasteiger partial charge on any atom is 0.348 e. The smallest absolute Gasteiger partial charge is 0.348 e. The van der Waals surface area contributed by atoms with Crippen molar-refractivity contribution in [1.29, 1.82) is 0 Å². The largest absolute Gasteiger partial charge is 0.493 e. The highest BCUT2D eigenvalue weighted by Crippen LogP contribution is 2.32. The fraction of sp³-hybridized carbons (Fsp3) is 0.222. The van der Waals surface area contributed by atoms with Gasteiger partial charge in [-0.1, -0.05) is 31.2 Å². The van der Waals surface area contributed by atoms with Crippen molar-refractivity contribution >= 4 is 40.8 Å². The fourth-order valence-electron chi connectivity index (χ4n) is 4.70. The number of hydrogen-bond donors (Lipinski definition) is 0. The number of aromatic nitrogens is 4. The van der Waals surface area contributed by atoms with E-state index in [1.54, 1.807) is 42.2 Å². The van der Waals surface area contributed by atoms with E-state index < -0.39 is 0 Å². The molecule has 0 N–H and O–H groups in total. The summed E-state index contributed by atoms with van der Waals surface area (Å²) >= 11 is 2.92. The van der Waals surface area contributed by atoms with E-state index in [-0.39, 0.29) is 19.2 Å². The molecule has 6 rings (SSSR count). The number of nitrogens with zero attached hydrogens (tertiary/aromatic N) is 4. The molecule has 0 spiro atoms. The van der Waals surface area contributed by atoms with Crippen LogP contribution in [0.5, 0.6) is 17.4 Å². The average Bonchev–Trinajstić information content (AvgIpc) is 3.93. The Bertz CT molecular complexity index is 2020. The van der Waals surface area contributed by atoms with Crippen LogP contribution >= 0.6 is 22.7 Å². The Morgan fingerprint density at radius 3 is 2.60 bits per heavy atom. The summed E-state index contributed by atoms with van der Waals surface area (Å²) in [6, 6.07) is 19.1. The molecule has 0 aliphatic heterocycles. The van der Waals surface area contributed by atoms with Crippen LogP contribution in [0.3, 0.4) is 0 Å². The van der Waals surface area contributed by atoms with Crippen LogP contribution < -0.4 is 14.2 Å². The zero-order valence-corrected chi connectivity index (χ0v) is 28.6. The number of benzene rings is 2. The molecule has 246 valence electrons. The Morgan fingerprint density at radius 1 is 0.979 bits per heavy atom. The number of thiophene rings is 1. The number of thiazole rings is 1. The average molecular weight is 683 g/mol. The molecule has 48 heavy (non-hydrogen) atoms. The summed E-state index contributed by atoms with van der Waals surface area (Å²) < 4.78 is 30.8.